The van der Waals surface area contributed by atoms with E-state index in [1.54, 1.807) is 0 Å². The molecule has 2 aliphatic carbocycles. The number of alkyl halides is 3. The SMILES string of the molecule is Fc1cncc(F)c1CNc1cnc(C2=C(C(F)(F)F)CC3CCCC23)cn1. The van der Waals surface area contributed by atoms with Gasteiger partial charge < -0.3 is 5.32 Å². The number of halogens is 5. The Morgan fingerprint density at radius 3 is 2.39 bits per heavy atom. The van der Waals surface area contributed by atoms with Crippen LogP contribution < -0.4 is 5.32 Å². The van der Waals surface area contributed by atoms with E-state index in [0.717, 1.165) is 31.7 Å². The van der Waals surface area contributed by atoms with Crippen molar-refractivity contribution in [1.82, 2.24) is 15.0 Å². The highest BCUT2D eigenvalue weighted by Crippen LogP contribution is 2.54. The molecule has 2 heterocycles. The predicted molar refractivity (Wildman–Crippen MR) is 91.9 cm³/mol. The Morgan fingerprint density at radius 2 is 1.75 bits per heavy atom. The van der Waals surface area contributed by atoms with Crippen LogP contribution in [0, 0.1) is 23.5 Å². The summed E-state index contributed by atoms with van der Waals surface area (Å²) >= 11 is 0. The maximum Gasteiger partial charge on any atom is 0.413 e. The standard InChI is InChI=1S/C19H17F5N4/c20-14-6-25-7-15(21)12(14)5-27-17-9-26-16(8-28-17)18-11-3-1-2-10(11)4-13(18)19(22,23)24/h6-11H,1-5H2,(H,27,28). The molecule has 1 N–H and O–H groups in total. The second-order valence-electron chi connectivity index (χ2n) is 7.11. The largest absolute Gasteiger partial charge is 0.413 e. The van der Waals surface area contributed by atoms with E-state index < -0.39 is 23.4 Å². The van der Waals surface area contributed by atoms with Gasteiger partial charge in [-0.1, -0.05) is 6.42 Å². The molecule has 2 atom stereocenters. The third kappa shape index (κ3) is 3.45. The van der Waals surface area contributed by atoms with Crippen LogP contribution in [0.3, 0.4) is 0 Å². The molecule has 4 rings (SSSR count). The maximum atomic E-state index is 13.6. The molecule has 9 heteroatoms. The Bertz CT molecular complexity index is 887. The summed E-state index contributed by atoms with van der Waals surface area (Å²) in [7, 11) is 0. The summed E-state index contributed by atoms with van der Waals surface area (Å²) in [5, 5.41) is 2.73. The van der Waals surface area contributed by atoms with Gasteiger partial charge in [0.05, 0.1) is 30.5 Å². The first-order chi connectivity index (χ1) is 13.3. The van der Waals surface area contributed by atoms with Gasteiger partial charge in [-0.3, -0.25) is 9.97 Å². The van der Waals surface area contributed by atoms with Crippen LogP contribution in [0.5, 0.6) is 0 Å². The Balaban J connectivity index is 1.55. The summed E-state index contributed by atoms with van der Waals surface area (Å²) < 4.78 is 67.6. The second-order valence-corrected chi connectivity index (χ2v) is 7.11. The first-order valence-corrected chi connectivity index (χ1v) is 8.99. The van der Waals surface area contributed by atoms with Crippen LogP contribution >= 0.6 is 0 Å². The van der Waals surface area contributed by atoms with Gasteiger partial charge in [0, 0.05) is 17.7 Å². The zero-order valence-electron chi connectivity index (χ0n) is 14.7. The van der Waals surface area contributed by atoms with Gasteiger partial charge in [0.1, 0.15) is 17.5 Å². The molecule has 4 nitrogen and oxygen atoms in total. The highest BCUT2D eigenvalue weighted by Gasteiger charge is 2.48. The highest BCUT2D eigenvalue weighted by atomic mass is 19.4. The van der Waals surface area contributed by atoms with Gasteiger partial charge >= 0.3 is 6.18 Å². The quantitative estimate of drug-likeness (QED) is 0.747. The van der Waals surface area contributed by atoms with Gasteiger partial charge in [-0.25, -0.2) is 13.8 Å². The summed E-state index contributed by atoms with van der Waals surface area (Å²) in [5.41, 5.74) is -0.237. The van der Waals surface area contributed by atoms with Gasteiger partial charge in [0.15, 0.2) is 0 Å². The molecule has 0 saturated heterocycles. The summed E-state index contributed by atoms with van der Waals surface area (Å²) in [6.45, 7) is -0.185. The first kappa shape index (κ1) is 18.8. The fraction of sp³-hybridized carbons (Fsp3) is 0.421. The Kier molecular flexibility index (Phi) is 4.76. The molecule has 0 aromatic carbocycles. The number of hydrogen-bond donors (Lipinski definition) is 1. The van der Waals surface area contributed by atoms with E-state index in [1.807, 2.05) is 0 Å². The predicted octanol–water partition coefficient (Wildman–Crippen LogP) is 4.90. The second kappa shape index (κ2) is 7.10. The summed E-state index contributed by atoms with van der Waals surface area (Å²) in [6, 6.07) is 0. The lowest BCUT2D eigenvalue weighted by Gasteiger charge is -2.15. The van der Waals surface area contributed by atoms with Crippen molar-refractivity contribution in [1.29, 1.82) is 0 Å². The number of rotatable bonds is 4. The van der Waals surface area contributed by atoms with Crippen LogP contribution in [0.2, 0.25) is 0 Å². The van der Waals surface area contributed by atoms with Crippen LogP contribution in [0.4, 0.5) is 27.8 Å². The molecule has 0 amide bonds. The van der Waals surface area contributed by atoms with E-state index in [4.69, 9.17) is 0 Å². The topological polar surface area (TPSA) is 50.7 Å². The van der Waals surface area contributed by atoms with E-state index in [9.17, 15) is 22.0 Å². The van der Waals surface area contributed by atoms with Crippen molar-refractivity contribution in [2.24, 2.45) is 11.8 Å². The van der Waals surface area contributed by atoms with Crippen molar-refractivity contribution < 1.29 is 22.0 Å². The van der Waals surface area contributed by atoms with Crippen molar-refractivity contribution in [3.05, 3.63) is 53.3 Å². The molecular weight excluding hydrogens is 379 g/mol. The minimum Gasteiger partial charge on any atom is -0.364 e. The Hall–Kier alpha value is -2.58. The number of anilines is 1. The van der Waals surface area contributed by atoms with Crippen LogP contribution in [0.25, 0.3) is 5.57 Å². The third-order valence-corrected chi connectivity index (χ3v) is 5.49. The summed E-state index contributed by atoms with van der Waals surface area (Å²) in [6.07, 6.45) is 2.47. The van der Waals surface area contributed by atoms with E-state index in [1.165, 1.54) is 12.4 Å². The summed E-state index contributed by atoms with van der Waals surface area (Å²) in [5.74, 6) is -1.49. The van der Waals surface area contributed by atoms with Crippen LogP contribution in [0.15, 0.2) is 30.4 Å². The Labute approximate surface area is 157 Å². The zero-order valence-corrected chi connectivity index (χ0v) is 14.7. The van der Waals surface area contributed by atoms with Crippen LogP contribution in [0.1, 0.15) is 36.9 Å². The highest BCUT2D eigenvalue weighted by molar-refractivity contribution is 5.72. The monoisotopic (exact) mass is 396 g/mol. The van der Waals surface area contributed by atoms with Crippen molar-refractivity contribution in [3.63, 3.8) is 0 Å². The lowest BCUT2D eigenvalue weighted by atomic mass is 9.93. The van der Waals surface area contributed by atoms with Crippen LogP contribution in [-0.4, -0.2) is 21.1 Å². The molecule has 0 bridgehead atoms. The number of nitrogens with one attached hydrogen (secondary N) is 1. The summed E-state index contributed by atoms with van der Waals surface area (Å²) in [4.78, 5) is 11.7. The van der Waals surface area contributed by atoms with Gasteiger partial charge in [0.25, 0.3) is 0 Å². The fourth-order valence-electron chi connectivity index (χ4n) is 4.21. The molecule has 2 aliphatic rings. The average Bonchev–Trinajstić information content (AvgIpc) is 3.23. The molecule has 0 aliphatic heterocycles. The van der Waals surface area contributed by atoms with Gasteiger partial charge in [-0.15, -0.1) is 0 Å². The van der Waals surface area contributed by atoms with E-state index in [2.05, 4.69) is 20.3 Å². The molecule has 0 radical (unpaired) electrons. The molecule has 1 fully saturated rings. The average molecular weight is 396 g/mol. The third-order valence-electron chi connectivity index (χ3n) is 5.49. The number of aromatic nitrogens is 3. The lowest BCUT2D eigenvalue weighted by molar-refractivity contribution is -0.0933. The molecule has 2 aromatic rings. The minimum absolute atomic E-state index is 0.0175. The molecular formula is C19H17F5N4. The molecule has 28 heavy (non-hydrogen) atoms. The lowest BCUT2D eigenvalue weighted by Crippen LogP contribution is -2.13. The van der Waals surface area contributed by atoms with Crippen molar-refractivity contribution in [2.75, 3.05) is 5.32 Å². The van der Waals surface area contributed by atoms with Crippen molar-refractivity contribution >= 4 is 11.4 Å². The van der Waals surface area contributed by atoms with E-state index in [-0.39, 0.29) is 47.4 Å². The zero-order chi connectivity index (χ0) is 19.9. The number of allylic oxidation sites excluding steroid dienone is 2. The van der Waals surface area contributed by atoms with E-state index in [0.29, 0.717) is 0 Å². The van der Waals surface area contributed by atoms with Crippen molar-refractivity contribution in [3.8, 4) is 0 Å². The Morgan fingerprint density at radius 1 is 1.00 bits per heavy atom. The fourth-order valence-corrected chi connectivity index (χ4v) is 4.21. The van der Waals surface area contributed by atoms with Crippen LogP contribution in [-0.2, 0) is 6.54 Å². The van der Waals surface area contributed by atoms with Gasteiger partial charge in [0.2, 0.25) is 0 Å². The number of hydrogen-bond acceptors (Lipinski definition) is 4. The molecule has 2 unspecified atom stereocenters. The van der Waals surface area contributed by atoms with Gasteiger partial charge in [-0.05, 0) is 36.7 Å². The first-order valence-electron chi connectivity index (χ1n) is 8.99. The van der Waals surface area contributed by atoms with Crippen molar-refractivity contribution in [2.45, 2.75) is 38.4 Å². The molecule has 2 aromatic heterocycles. The van der Waals surface area contributed by atoms with E-state index >= 15 is 0 Å². The molecule has 148 valence electrons. The molecule has 1 saturated carbocycles. The van der Waals surface area contributed by atoms with Gasteiger partial charge in [-0.2, -0.15) is 13.2 Å². The smallest absolute Gasteiger partial charge is 0.364 e. The minimum atomic E-state index is -4.38. The number of nitrogens with zero attached hydrogens (tertiary/aromatic N) is 3. The number of fused-ring (bicyclic) bond motifs is 1. The maximum absolute atomic E-state index is 13.6. The number of pyridine rings is 1. The molecule has 0 spiro atoms. The normalized spacial score (nSPS) is 21.9.